The fourth-order valence-corrected chi connectivity index (χ4v) is 1.41. The zero-order chi connectivity index (χ0) is 11.4. The molecule has 0 saturated heterocycles. The van der Waals surface area contributed by atoms with E-state index in [-0.39, 0.29) is 0 Å². The lowest BCUT2D eigenvalue weighted by Gasteiger charge is -2.07. The molecule has 2 aromatic carbocycles. The van der Waals surface area contributed by atoms with Crippen LogP contribution in [0.5, 0.6) is 5.75 Å². The molecule has 0 bridgehead atoms. The number of rotatable bonds is 3. The van der Waals surface area contributed by atoms with Gasteiger partial charge in [0.05, 0.1) is 0 Å². The van der Waals surface area contributed by atoms with Gasteiger partial charge in [-0.05, 0) is 11.5 Å². The summed E-state index contributed by atoms with van der Waals surface area (Å²) in [5, 5.41) is 2.01. The summed E-state index contributed by atoms with van der Waals surface area (Å²) in [5.74, 6) is 0.152. The number of hydrogen-bond donors (Lipinski definition) is 1. The maximum atomic E-state index is 10.5. The number of benzene rings is 2. The molecule has 82 valence electrons. The summed E-state index contributed by atoms with van der Waals surface area (Å²) in [5.41, 5.74) is 2.14. The van der Waals surface area contributed by atoms with Gasteiger partial charge in [-0.15, -0.1) is 0 Å². The zero-order valence-electron chi connectivity index (χ0n) is 8.77. The van der Waals surface area contributed by atoms with Crippen molar-refractivity contribution in [1.29, 1.82) is 0 Å². The van der Waals surface area contributed by atoms with E-state index < -0.39 is 5.97 Å². The molecular formula is C12H11NO3. The van der Waals surface area contributed by atoms with E-state index in [1.54, 1.807) is 6.07 Å². The van der Waals surface area contributed by atoms with E-state index >= 15 is 0 Å². The minimum absolute atomic E-state index is 0.458. The van der Waals surface area contributed by atoms with Gasteiger partial charge in [-0.2, -0.15) is 0 Å². The summed E-state index contributed by atoms with van der Waals surface area (Å²) in [4.78, 5) is 20.2. The second kappa shape index (κ2) is 4.63. The van der Waals surface area contributed by atoms with Gasteiger partial charge in [0.1, 0.15) is 0 Å². The van der Waals surface area contributed by atoms with Crippen LogP contribution in [0.15, 0.2) is 42.5 Å². The number of carbonyl (C=O) groups is 1. The van der Waals surface area contributed by atoms with Crippen LogP contribution >= 0.6 is 0 Å². The first-order valence-electron chi connectivity index (χ1n) is 4.84. The van der Waals surface area contributed by atoms with E-state index in [4.69, 9.17) is 4.84 Å². The van der Waals surface area contributed by atoms with E-state index in [2.05, 4.69) is 10.5 Å². The van der Waals surface area contributed by atoms with E-state index in [1.165, 1.54) is 6.92 Å². The molecule has 2 aromatic rings. The molecule has 2 rings (SSSR count). The molecule has 4 nitrogen and oxygen atoms in total. The Bertz CT molecular complexity index is 505. The third kappa shape index (κ3) is 2.29. The standard InChI is InChI=1S/C12H11NO3/c1-9(14)15-13-16-12-8-4-6-10-5-2-3-7-11(10)12/h2-8,13H,1H3. The van der Waals surface area contributed by atoms with Crippen molar-refractivity contribution < 1.29 is 14.5 Å². The van der Waals surface area contributed by atoms with Gasteiger partial charge in [-0.1, -0.05) is 36.4 Å². The Hall–Kier alpha value is -2.07. The quantitative estimate of drug-likeness (QED) is 0.800. The van der Waals surface area contributed by atoms with Crippen LogP contribution in [0.2, 0.25) is 0 Å². The molecule has 0 atom stereocenters. The largest absolute Gasteiger partial charge is 0.373 e. The lowest BCUT2D eigenvalue weighted by Crippen LogP contribution is -2.21. The van der Waals surface area contributed by atoms with Crippen LogP contribution in [0.3, 0.4) is 0 Å². The van der Waals surface area contributed by atoms with Crippen LogP contribution < -0.4 is 10.5 Å². The van der Waals surface area contributed by atoms with Gasteiger partial charge in [-0.25, -0.2) is 0 Å². The van der Waals surface area contributed by atoms with Crippen molar-refractivity contribution in [3.05, 3.63) is 42.5 Å². The normalized spacial score (nSPS) is 10.1. The van der Waals surface area contributed by atoms with Gasteiger partial charge in [0, 0.05) is 18.0 Å². The summed E-state index contributed by atoms with van der Waals surface area (Å²) < 4.78 is 0. The minimum atomic E-state index is -0.458. The highest BCUT2D eigenvalue weighted by atomic mass is 16.9. The van der Waals surface area contributed by atoms with E-state index in [1.807, 2.05) is 36.4 Å². The average molecular weight is 217 g/mol. The highest BCUT2D eigenvalue weighted by Gasteiger charge is 2.01. The first kappa shape index (κ1) is 10.4. The third-order valence-corrected chi connectivity index (χ3v) is 2.09. The summed E-state index contributed by atoms with van der Waals surface area (Å²) in [6.45, 7) is 1.29. The fraction of sp³-hybridized carbons (Fsp3) is 0.0833. The Morgan fingerprint density at radius 1 is 1.12 bits per heavy atom. The monoisotopic (exact) mass is 217 g/mol. The van der Waals surface area contributed by atoms with Crippen LogP contribution in [0.4, 0.5) is 0 Å². The summed E-state index contributed by atoms with van der Waals surface area (Å²) in [6, 6.07) is 13.4. The van der Waals surface area contributed by atoms with E-state index in [0.717, 1.165) is 10.8 Å². The maximum Gasteiger partial charge on any atom is 0.325 e. The molecular weight excluding hydrogens is 206 g/mol. The van der Waals surface area contributed by atoms with Crippen molar-refractivity contribution >= 4 is 16.7 Å². The Morgan fingerprint density at radius 2 is 1.88 bits per heavy atom. The Morgan fingerprint density at radius 3 is 2.69 bits per heavy atom. The lowest BCUT2D eigenvalue weighted by atomic mass is 10.1. The van der Waals surface area contributed by atoms with E-state index in [9.17, 15) is 4.79 Å². The van der Waals surface area contributed by atoms with Crippen LogP contribution in [0, 0.1) is 0 Å². The first-order chi connectivity index (χ1) is 7.77. The molecule has 0 radical (unpaired) electrons. The molecule has 0 unspecified atom stereocenters. The first-order valence-corrected chi connectivity index (χ1v) is 4.84. The van der Waals surface area contributed by atoms with Crippen LogP contribution in [-0.2, 0) is 9.63 Å². The van der Waals surface area contributed by atoms with Crippen LogP contribution in [0.25, 0.3) is 10.8 Å². The van der Waals surface area contributed by atoms with Gasteiger partial charge < -0.3 is 9.68 Å². The summed E-state index contributed by atoms with van der Waals surface area (Å²) in [6.07, 6.45) is 0. The molecule has 0 aliphatic carbocycles. The molecule has 16 heavy (non-hydrogen) atoms. The predicted molar refractivity (Wildman–Crippen MR) is 59.5 cm³/mol. The Labute approximate surface area is 92.7 Å². The summed E-state index contributed by atoms with van der Waals surface area (Å²) in [7, 11) is 0. The lowest BCUT2D eigenvalue weighted by molar-refractivity contribution is -0.168. The molecule has 0 amide bonds. The molecule has 0 aromatic heterocycles. The molecule has 0 heterocycles. The van der Waals surface area contributed by atoms with Gasteiger partial charge in [0.15, 0.2) is 5.75 Å². The second-order valence-corrected chi connectivity index (χ2v) is 3.26. The highest BCUT2D eigenvalue weighted by Crippen LogP contribution is 2.24. The Kier molecular flexibility index (Phi) is 3.03. The van der Waals surface area contributed by atoms with Crippen molar-refractivity contribution in [3.8, 4) is 5.75 Å². The predicted octanol–water partition coefficient (Wildman–Crippen LogP) is 2.20. The molecule has 0 aliphatic heterocycles. The molecule has 4 heteroatoms. The molecule has 0 aliphatic rings. The maximum absolute atomic E-state index is 10.5. The average Bonchev–Trinajstić information content (AvgIpc) is 2.29. The Balaban J connectivity index is 2.20. The van der Waals surface area contributed by atoms with Gasteiger partial charge >= 0.3 is 5.97 Å². The van der Waals surface area contributed by atoms with Crippen molar-refractivity contribution in [3.63, 3.8) is 0 Å². The van der Waals surface area contributed by atoms with Crippen molar-refractivity contribution in [2.24, 2.45) is 0 Å². The number of fused-ring (bicyclic) bond motifs is 1. The van der Waals surface area contributed by atoms with E-state index in [0.29, 0.717) is 5.75 Å². The topological polar surface area (TPSA) is 47.6 Å². The van der Waals surface area contributed by atoms with Gasteiger partial charge in [0.25, 0.3) is 0 Å². The number of hydrogen-bond acceptors (Lipinski definition) is 4. The van der Waals surface area contributed by atoms with Crippen molar-refractivity contribution in [2.45, 2.75) is 6.92 Å². The zero-order valence-corrected chi connectivity index (χ0v) is 8.77. The number of carbonyl (C=O) groups excluding carboxylic acids is 1. The van der Waals surface area contributed by atoms with Gasteiger partial charge in [-0.3, -0.25) is 4.79 Å². The highest BCUT2D eigenvalue weighted by molar-refractivity contribution is 5.88. The molecule has 1 N–H and O–H groups in total. The van der Waals surface area contributed by atoms with Crippen molar-refractivity contribution in [1.82, 2.24) is 5.64 Å². The number of nitrogens with one attached hydrogen (secondary N) is 1. The minimum Gasteiger partial charge on any atom is -0.373 e. The van der Waals surface area contributed by atoms with Crippen LogP contribution in [0.1, 0.15) is 6.92 Å². The molecule has 0 saturated carbocycles. The smallest absolute Gasteiger partial charge is 0.325 e. The fourth-order valence-electron chi connectivity index (χ4n) is 1.41. The molecule has 0 spiro atoms. The summed E-state index contributed by atoms with van der Waals surface area (Å²) >= 11 is 0. The third-order valence-electron chi connectivity index (χ3n) is 2.09. The van der Waals surface area contributed by atoms with Crippen LogP contribution in [-0.4, -0.2) is 5.97 Å². The van der Waals surface area contributed by atoms with Gasteiger partial charge in [0.2, 0.25) is 0 Å². The second-order valence-electron chi connectivity index (χ2n) is 3.26. The van der Waals surface area contributed by atoms with Crippen molar-refractivity contribution in [2.75, 3.05) is 0 Å². The molecule has 0 fully saturated rings. The SMILES string of the molecule is CC(=O)ONOc1cccc2ccccc12.